The normalized spacial score (nSPS) is 11.9. The Bertz CT molecular complexity index is 861. The third-order valence-electron chi connectivity index (χ3n) is 4.81. The minimum Gasteiger partial charge on any atom is -0.356 e. The van der Waals surface area contributed by atoms with Crippen molar-refractivity contribution >= 4 is 11.9 Å². The van der Waals surface area contributed by atoms with E-state index in [0.29, 0.717) is 30.2 Å². The molecule has 0 saturated heterocycles. The maximum absolute atomic E-state index is 14.1. The maximum atomic E-state index is 14.1. The van der Waals surface area contributed by atoms with E-state index < -0.39 is 0 Å². The second kappa shape index (κ2) is 10.0. The first-order valence-electron chi connectivity index (χ1n) is 9.74. The lowest BCUT2D eigenvalue weighted by atomic mass is 9.84. The summed E-state index contributed by atoms with van der Waals surface area (Å²) in [7, 11) is 5.20. The summed E-state index contributed by atoms with van der Waals surface area (Å²) in [6.07, 6.45) is 0.756. The Balaban J connectivity index is 1.89. The Hall–Kier alpha value is -2.89. The molecule has 0 fully saturated rings. The van der Waals surface area contributed by atoms with Gasteiger partial charge in [0.05, 0.1) is 0 Å². The van der Waals surface area contributed by atoms with Crippen LogP contribution in [0, 0.1) is 5.82 Å². The number of hydrogen-bond acceptors (Lipinski definition) is 2. The first-order valence-corrected chi connectivity index (χ1v) is 9.74. The summed E-state index contributed by atoms with van der Waals surface area (Å²) in [4.78, 5) is 17.9. The Morgan fingerprint density at radius 3 is 2.48 bits per heavy atom. The number of halogens is 1. The number of carbonyl (C=O) groups excluding carboxylic acids is 1. The molecule has 1 amide bonds. The molecular formula is C23H31FN4O. The summed E-state index contributed by atoms with van der Waals surface area (Å²) in [5.74, 6) is 0.456. The van der Waals surface area contributed by atoms with E-state index in [4.69, 9.17) is 0 Å². The van der Waals surface area contributed by atoms with Crippen LogP contribution in [0.15, 0.2) is 53.5 Å². The molecule has 2 aromatic rings. The van der Waals surface area contributed by atoms with Gasteiger partial charge in [0.1, 0.15) is 5.82 Å². The van der Waals surface area contributed by atoms with Crippen LogP contribution in [-0.4, -0.2) is 51.0 Å². The van der Waals surface area contributed by atoms with E-state index in [-0.39, 0.29) is 17.1 Å². The van der Waals surface area contributed by atoms with Crippen LogP contribution in [0.2, 0.25) is 0 Å². The molecule has 0 radical (unpaired) electrons. The highest BCUT2D eigenvalue weighted by Crippen LogP contribution is 2.24. The summed E-state index contributed by atoms with van der Waals surface area (Å²) < 4.78 is 14.1. The Morgan fingerprint density at radius 2 is 1.83 bits per heavy atom. The van der Waals surface area contributed by atoms with E-state index in [1.807, 2.05) is 50.2 Å². The zero-order chi connectivity index (χ0) is 21.4. The molecule has 5 nitrogen and oxygen atoms in total. The molecular weight excluding hydrogens is 367 g/mol. The van der Waals surface area contributed by atoms with Gasteiger partial charge in [-0.15, -0.1) is 0 Å². The van der Waals surface area contributed by atoms with Gasteiger partial charge in [0, 0.05) is 45.2 Å². The van der Waals surface area contributed by atoms with Crippen molar-refractivity contribution in [3.8, 4) is 0 Å². The van der Waals surface area contributed by atoms with Crippen molar-refractivity contribution in [3.63, 3.8) is 0 Å². The molecule has 2 N–H and O–H groups in total. The van der Waals surface area contributed by atoms with E-state index in [1.165, 1.54) is 6.07 Å². The molecule has 0 aliphatic carbocycles. The van der Waals surface area contributed by atoms with Crippen molar-refractivity contribution in [2.45, 2.75) is 25.7 Å². The number of carbonyl (C=O) groups is 1. The number of benzene rings is 2. The monoisotopic (exact) mass is 398 g/mol. The highest BCUT2D eigenvalue weighted by molar-refractivity contribution is 5.94. The molecule has 0 aliphatic heterocycles. The quantitative estimate of drug-likeness (QED) is 0.556. The zero-order valence-corrected chi connectivity index (χ0v) is 17.9. The number of aliphatic imine (C=N–C) groups is 1. The van der Waals surface area contributed by atoms with Crippen LogP contribution in [0.4, 0.5) is 4.39 Å². The second-order valence-electron chi connectivity index (χ2n) is 7.87. The number of hydrogen-bond donors (Lipinski definition) is 2. The zero-order valence-electron chi connectivity index (χ0n) is 17.9. The molecule has 0 bridgehead atoms. The van der Waals surface area contributed by atoms with Crippen molar-refractivity contribution < 1.29 is 9.18 Å². The van der Waals surface area contributed by atoms with Crippen LogP contribution < -0.4 is 10.6 Å². The minimum atomic E-state index is -0.385. The van der Waals surface area contributed by atoms with Crippen molar-refractivity contribution in [2.24, 2.45) is 4.99 Å². The highest BCUT2D eigenvalue weighted by Gasteiger charge is 2.24. The molecule has 2 rings (SSSR count). The van der Waals surface area contributed by atoms with Crippen LogP contribution in [0.25, 0.3) is 0 Å². The van der Waals surface area contributed by atoms with E-state index in [2.05, 4.69) is 15.6 Å². The summed E-state index contributed by atoms with van der Waals surface area (Å²) in [6, 6.07) is 14.5. The molecule has 0 saturated carbocycles. The lowest BCUT2D eigenvalue weighted by Crippen LogP contribution is -2.44. The lowest BCUT2D eigenvalue weighted by molar-refractivity contribution is 0.0827. The first kappa shape index (κ1) is 22.4. The molecule has 2 aromatic carbocycles. The number of amides is 1. The van der Waals surface area contributed by atoms with Gasteiger partial charge in [-0.2, -0.15) is 0 Å². The van der Waals surface area contributed by atoms with Crippen molar-refractivity contribution in [1.82, 2.24) is 15.5 Å². The fourth-order valence-corrected chi connectivity index (χ4v) is 3.07. The third-order valence-corrected chi connectivity index (χ3v) is 4.81. The first-order chi connectivity index (χ1) is 13.7. The molecule has 0 aliphatic rings. The number of nitrogens with one attached hydrogen (secondary N) is 2. The number of nitrogens with zero attached hydrogens (tertiary/aromatic N) is 2. The largest absolute Gasteiger partial charge is 0.356 e. The molecule has 29 heavy (non-hydrogen) atoms. The molecule has 0 aromatic heterocycles. The van der Waals surface area contributed by atoms with Gasteiger partial charge in [-0.05, 0) is 35.7 Å². The van der Waals surface area contributed by atoms with Gasteiger partial charge in [0.25, 0.3) is 5.91 Å². The van der Waals surface area contributed by atoms with Gasteiger partial charge < -0.3 is 15.5 Å². The average Bonchev–Trinajstić information content (AvgIpc) is 2.70. The molecule has 0 unspecified atom stereocenters. The summed E-state index contributed by atoms with van der Waals surface area (Å²) in [6.45, 7) is 5.21. The Kier molecular flexibility index (Phi) is 7.76. The summed E-state index contributed by atoms with van der Waals surface area (Å²) in [5.41, 5.74) is 2.04. The van der Waals surface area contributed by atoms with Gasteiger partial charge in [0.15, 0.2) is 5.96 Å². The molecule has 0 spiro atoms. The van der Waals surface area contributed by atoms with Crippen LogP contribution in [0.1, 0.15) is 35.3 Å². The molecule has 156 valence electrons. The molecule has 0 atom stereocenters. The van der Waals surface area contributed by atoms with Crippen LogP contribution in [0.5, 0.6) is 0 Å². The van der Waals surface area contributed by atoms with Crippen molar-refractivity contribution in [2.75, 3.05) is 34.2 Å². The molecule has 6 heteroatoms. The van der Waals surface area contributed by atoms with E-state index >= 15 is 0 Å². The fraction of sp³-hybridized carbons (Fsp3) is 0.391. The van der Waals surface area contributed by atoms with Gasteiger partial charge >= 0.3 is 0 Å². The van der Waals surface area contributed by atoms with E-state index in [9.17, 15) is 9.18 Å². The second-order valence-corrected chi connectivity index (χ2v) is 7.87. The predicted octanol–water partition coefficient (Wildman–Crippen LogP) is 3.21. The summed E-state index contributed by atoms with van der Waals surface area (Å²) >= 11 is 0. The topological polar surface area (TPSA) is 56.7 Å². The minimum absolute atomic E-state index is 0.00680. The van der Waals surface area contributed by atoms with E-state index in [1.54, 1.807) is 32.1 Å². The summed E-state index contributed by atoms with van der Waals surface area (Å²) in [5, 5.41) is 6.56. The van der Waals surface area contributed by atoms with Gasteiger partial charge in [-0.1, -0.05) is 44.2 Å². The Morgan fingerprint density at radius 1 is 1.10 bits per heavy atom. The third kappa shape index (κ3) is 6.31. The van der Waals surface area contributed by atoms with Gasteiger partial charge in [-0.3, -0.25) is 9.79 Å². The fourth-order valence-electron chi connectivity index (χ4n) is 3.07. The van der Waals surface area contributed by atoms with E-state index in [0.717, 1.165) is 12.0 Å². The number of guanidine groups is 1. The van der Waals surface area contributed by atoms with Crippen LogP contribution >= 0.6 is 0 Å². The van der Waals surface area contributed by atoms with Crippen molar-refractivity contribution in [3.05, 3.63) is 71.0 Å². The van der Waals surface area contributed by atoms with Crippen molar-refractivity contribution in [1.29, 1.82) is 0 Å². The smallest absolute Gasteiger partial charge is 0.253 e. The van der Waals surface area contributed by atoms with Gasteiger partial charge in [-0.25, -0.2) is 4.39 Å². The standard InChI is InChI=1S/C23H31FN4O/c1-23(2,19-11-6-7-12-20(19)24)16-27-22(25-3)26-14-13-17-9-8-10-18(15-17)21(29)28(4)5/h6-12,15H,13-14,16H2,1-5H3,(H2,25,26,27). The van der Waals surface area contributed by atoms with Gasteiger partial charge in [0.2, 0.25) is 0 Å². The van der Waals surface area contributed by atoms with Crippen LogP contribution in [0.3, 0.4) is 0 Å². The molecule has 0 heterocycles. The number of rotatable bonds is 7. The lowest BCUT2D eigenvalue weighted by Gasteiger charge is -2.27. The Labute approximate surface area is 173 Å². The van der Waals surface area contributed by atoms with Crippen LogP contribution in [-0.2, 0) is 11.8 Å². The predicted molar refractivity (Wildman–Crippen MR) is 117 cm³/mol. The highest BCUT2D eigenvalue weighted by atomic mass is 19.1. The average molecular weight is 399 g/mol. The SMILES string of the molecule is CN=C(NCCc1cccc(C(=O)N(C)C)c1)NCC(C)(C)c1ccccc1F. The maximum Gasteiger partial charge on any atom is 0.253 e.